The van der Waals surface area contributed by atoms with Gasteiger partial charge in [-0.1, -0.05) is 42.5 Å². The lowest BCUT2D eigenvalue weighted by molar-refractivity contribution is -0.00455. The smallest absolute Gasteiger partial charge is 0.257 e. The summed E-state index contributed by atoms with van der Waals surface area (Å²) in [5.41, 5.74) is 10.2. The first-order valence-corrected chi connectivity index (χ1v) is 17.8. The third kappa shape index (κ3) is 9.79. The summed E-state index contributed by atoms with van der Waals surface area (Å²) in [6, 6.07) is 16.1. The van der Waals surface area contributed by atoms with E-state index in [0.29, 0.717) is 38.6 Å². The Morgan fingerprint density at radius 1 is 1.04 bits per heavy atom. The number of nitrogens with two attached hydrogens (primary N) is 1. The van der Waals surface area contributed by atoms with Crippen molar-refractivity contribution in [2.45, 2.75) is 70.2 Å². The average Bonchev–Trinajstić information content (AvgIpc) is 3.34. The quantitative estimate of drug-likeness (QED) is 0.258. The monoisotopic (exact) mass is 710 g/mol. The molecule has 12 heteroatoms. The van der Waals surface area contributed by atoms with Gasteiger partial charge in [0.05, 0.1) is 26.0 Å². The zero-order valence-corrected chi connectivity index (χ0v) is 29.9. The van der Waals surface area contributed by atoms with E-state index in [0.717, 1.165) is 93.3 Å². The first-order valence-electron chi connectivity index (χ1n) is 17.8. The maximum Gasteiger partial charge on any atom is 0.257 e. The van der Waals surface area contributed by atoms with Crippen LogP contribution in [-0.2, 0) is 17.8 Å². The predicted octanol–water partition coefficient (Wildman–Crippen LogP) is 4.82. The molecule has 0 spiro atoms. The minimum Gasteiger partial charge on any atom is -0.437 e. The van der Waals surface area contributed by atoms with E-state index in [4.69, 9.17) is 15.2 Å². The number of morpholine rings is 1. The molecule has 3 aromatic rings. The number of aliphatic hydroxyl groups excluding tert-OH is 1. The van der Waals surface area contributed by atoms with Crippen molar-refractivity contribution in [1.29, 1.82) is 0 Å². The second-order valence-electron chi connectivity index (χ2n) is 13.7. The number of benzene rings is 2. The minimum absolute atomic E-state index is 0. The molecule has 6 rings (SSSR count). The molecular weight excluding hydrogens is 659 g/mol. The summed E-state index contributed by atoms with van der Waals surface area (Å²) in [7, 11) is 0. The van der Waals surface area contributed by atoms with Crippen LogP contribution in [-0.4, -0.2) is 108 Å². The number of hydrogen-bond acceptors (Lipinski definition) is 9. The number of aliphatic hydroxyl groups is 1. The van der Waals surface area contributed by atoms with Gasteiger partial charge in [0, 0.05) is 68.5 Å². The van der Waals surface area contributed by atoms with Gasteiger partial charge in [-0.3, -0.25) is 19.5 Å². The third-order valence-corrected chi connectivity index (χ3v) is 10.2. The van der Waals surface area contributed by atoms with Gasteiger partial charge in [0.15, 0.2) is 0 Å². The summed E-state index contributed by atoms with van der Waals surface area (Å²) in [5.74, 6) is -0.267. The molecule has 1 atom stereocenters. The normalized spacial score (nSPS) is 22.4. The van der Waals surface area contributed by atoms with Gasteiger partial charge in [0.1, 0.15) is 17.1 Å². The number of β-amino-alcohol motifs (C(OH)–C–C–N with tert-alkyl or cyclic N) is 1. The molecule has 50 heavy (non-hydrogen) atoms. The summed E-state index contributed by atoms with van der Waals surface area (Å²) in [4.78, 5) is 25.2. The Morgan fingerprint density at radius 2 is 1.80 bits per heavy atom. The van der Waals surface area contributed by atoms with Crippen LogP contribution >= 0.6 is 12.4 Å². The minimum atomic E-state index is -0.596. The van der Waals surface area contributed by atoms with Crippen molar-refractivity contribution in [2.75, 3.05) is 59.1 Å². The van der Waals surface area contributed by atoms with Gasteiger partial charge in [-0.25, -0.2) is 9.37 Å². The fraction of sp³-hybridized carbons (Fsp3) is 0.526. The average molecular weight is 711 g/mol. The molecule has 2 saturated heterocycles. The SMILES string of the molecule is C[C@H]1COCCN1Cc1c(-c2ccccc2)ccc(CN2CCCN(CCO)CC2)c1Oc1ncc(F)cc1C(=O)NC1CCC(N)CC1.Cl. The second kappa shape index (κ2) is 18.4. The summed E-state index contributed by atoms with van der Waals surface area (Å²) in [5, 5.41) is 12.6. The van der Waals surface area contributed by atoms with Crippen LogP contribution in [0.1, 0.15) is 60.5 Å². The van der Waals surface area contributed by atoms with E-state index in [9.17, 15) is 14.3 Å². The highest BCUT2D eigenvalue weighted by molar-refractivity contribution is 5.96. The maximum absolute atomic E-state index is 14.7. The fourth-order valence-corrected chi connectivity index (χ4v) is 7.26. The lowest BCUT2D eigenvalue weighted by Gasteiger charge is -2.34. The highest BCUT2D eigenvalue weighted by Crippen LogP contribution is 2.39. The lowest BCUT2D eigenvalue weighted by atomic mass is 9.91. The fourth-order valence-electron chi connectivity index (χ4n) is 7.26. The number of nitrogens with one attached hydrogen (secondary N) is 1. The molecule has 3 fully saturated rings. The largest absolute Gasteiger partial charge is 0.437 e. The number of hydrogen-bond donors (Lipinski definition) is 3. The number of carbonyl (C=O) groups excluding carboxylic acids is 1. The molecule has 0 bridgehead atoms. The molecule has 1 amide bonds. The number of rotatable bonds is 11. The number of carbonyl (C=O) groups is 1. The first kappa shape index (κ1) is 38.1. The molecule has 10 nitrogen and oxygen atoms in total. The van der Waals surface area contributed by atoms with Gasteiger partial charge < -0.3 is 25.6 Å². The lowest BCUT2D eigenvalue weighted by Crippen LogP contribution is -2.43. The Kier molecular flexibility index (Phi) is 14.0. The molecule has 3 aliphatic rings. The Labute approximate surface area is 301 Å². The van der Waals surface area contributed by atoms with Crippen molar-refractivity contribution in [3.63, 3.8) is 0 Å². The van der Waals surface area contributed by atoms with Crippen LogP contribution in [0, 0.1) is 5.82 Å². The zero-order chi connectivity index (χ0) is 34.2. The van der Waals surface area contributed by atoms with E-state index in [1.165, 1.54) is 6.07 Å². The van der Waals surface area contributed by atoms with Crippen molar-refractivity contribution in [2.24, 2.45) is 5.73 Å². The van der Waals surface area contributed by atoms with Gasteiger partial charge in [0.2, 0.25) is 5.88 Å². The molecule has 272 valence electrons. The molecule has 4 N–H and O–H groups in total. The van der Waals surface area contributed by atoms with Crippen molar-refractivity contribution in [1.82, 2.24) is 25.0 Å². The Hall–Kier alpha value is -3.16. The van der Waals surface area contributed by atoms with Gasteiger partial charge in [-0.15, -0.1) is 12.4 Å². The van der Waals surface area contributed by atoms with Gasteiger partial charge in [-0.2, -0.15) is 0 Å². The maximum atomic E-state index is 14.7. The van der Waals surface area contributed by atoms with Crippen molar-refractivity contribution in [3.05, 3.63) is 77.2 Å². The molecule has 0 unspecified atom stereocenters. The third-order valence-electron chi connectivity index (χ3n) is 10.2. The first-order chi connectivity index (χ1) is 23.9. The van der Waals surface area contributed by atoms with Crippen LogP contribution in [0.2, 0.25) is 0 Å². The Bertz CT molecular complexity index is 1540. The van der Waals surface area contributed by atoms with E-state index >= 15 is 0 Å². The van der Waals surface area contributed by atoms with E-state index in [1.807, 2.05) is 18.2 Å². The Balaban J connectivity index is 0.00000486. The molecular formula is C38H52ClFN6O4. The van der Waals surface area contributed by atoms with Crippen LogP contribution in [0.25, 0.3) is 11.1 Å². The van der Waals surface area contributed by atoms with Crippen LogP contribution in [0.5, 0.6) is 11.6 Å². The number of nitrogens with zero attached hydrogens (tertiary/aromatic N) is 4. The van der Waals surface area contributed by atoms with Crippen LogP contribution in [0.15, 0.2) is 54.7 Å². The summed E-state index contributed by atoms with van der Waals surface area (Å²) < 4.78 is 27.4. The van der Waals surface area contributed by atoms with E-state index in [-0.39, 0.29) is 48.6 Å². The number of aromatic nitrogens is 1. The summed E-state index contributed by atoms with van der Waals surface area (Å²) in [6.45, 7) is 9.87. The topological polar surface area (TPSA) is 116 Å². The summed E-state index contributed by atoms with van der Waals surface area (Å²) in [6.07, 6.45) is 5.34. The van der Waals surface area contributed by atoms with Crippen molar-refractivity contribution >= 4 is 18.3 Å². The predicted molar refractivity (Wildman–Crippen MR) is 195 cm³/mol. The molecule has 2 aromatic carbocycles. The second-order valence-corrected chi connectivity index (χ2v) is 13.7. The van der Waals surface area contributed by atoms with Crippen LogP contribution in [0.4, 0.5) is 4.39 Å². The number of ether oxygens (including phenoxy) is 2. The van der Waals surface area contributed by atoms with E-state index < -0.39 is 11.7 Å². The van der Waals surface area contributed by atoms with Crippen molar-refractivity contribution < 1.29 is 23.8 Å². The van der Waals surface area contributed by atoms with Crippen LogP contribution < -0.4 is 15.8 Å². The van der Waals surface area contributed by atoms with Gasteiger partial charge in [-0.05, 0) is 69.3 Å². The number of halogens is 2. The molecule has 0 radical (unpaired) electrons. The van der Waals surface area contributed by atoms with Gasteiger partial charge in [0.25, 0.3) is 5.91 Å². The standard InChI is InChI=1S/C38H51FN6O4.ClH/c1-27-26-48-21-19-45(27)25-35-33(28-6-3-2-4-7-28)13-8-29(24-44-15-5-14-43(16-17-44)18-20-46)36(35)49-38-34(22-30(39)23-41-38)37(47)42-32-11-9-31(40)10-12-32;/h2-4,6-8,13,22-23,27,31-32,46H,5,9-12,14-21,24-26,40H2,1H3,(H,42,47);1H/t27-,31?,32?;/m0./s1. The molecule has 1 saturated carbocycles. The van der Waals surface area contributed by atoms with Crippen molar-refractivity contribution in [3.8, 4) is 22.8 Å². The molecule has 2 aliphatic heterocycles. The Morgan fingerprint density at radius 3 is 2.56 bits per heavy atom. The highest BCUT2D eigenvalue weighted by Gasteiger charge is 2.28. The zero-order valence-electron chi connectivity index (χ0n) is 29.1. The van der Waals surface area contributed by atoms with Gasteiger partial charge >= 0.3 is 0 Å². The molecule has 3 heterocycles. The molecule has 1 aliphatic carbocycles. The van der Waals surface area contributed by atoms with E-state index in [2.05, 4.69) is 56.2 Å². The molecule has 1 aromatic heterocycles. The van der Waals surface area contributed by atoms with E-state index in [1.54, 1.807) is 0 Å². The highest BCUT2D eigenvalue weighted by atomic mass is 35.5. The summed E-state index contributed by atoms with van der Waals surface area (Å²) >= 11 is 0. The number of amides is 1. The van der Waals surface area contributed by atoms with Crippen LogP contribution in [0.3, 0.4) is 0 Å². The number of pyridine rings is 1.